The number of ether oxygens (including phenoxy) is 1. The first-order chi connectivity index (χ1) is 13.9. The smallest absolute Gasteiger partial charge is 0.303 e. The van der Waals surface area contributed by atoms with Gasteiger partial charge in [0.15, 0.2) is 5.75 Å². The second-order valence-electron chi connectivity index (χ2n) is 7.42. The SMILES string of the molecule is CC(=O)Nc1cc(Nc2cc(C)nc(C(C)(F)F)n2)c(OCC2CC(F)(F)C2)cn1. The Balaban J connectivity index is 1.85. The van der Waals surface area contributed by atoms with E-state index in [9.17, 15) is 22.4 Å². The minimum absolute atomic E-state index is 0.0481. The molecule has 0 atom stereocenters. The summed E-state index contributed by atoms with van der Waals surface area (Å²) in [5.74, 6) is -6.72. The Morgan fingerprint density at radius 1 is 1.27 bits per heavy atom. The minimum Gasteiger partial charge on any atom is -0.489 e. The summed E-state index contributed by atoms with van der Waals surface area (Å²) in [6.45, 7) is 3.59. The standard InChI is InChI=1S/C19H21F4N5O2/c1-10-4-16(28-17(25-10)18(3,20)21)27-13-5-15(26-11(2)29)24-8-14(13)30-9-12-6-19(22,23)7-12/h4-5,8,12H,6-7,9H2,1-3H3,(H2,24,25,26,27,28,29). The van der Waals surface area contributed by atoms with E-state index >= 15 is 0 Å². The molecule has 2 aromatic heterocycles. The molecule has 0 unspecified atom stereocenters. The molecule has 1 aliphatic carbocycles. The predicted octanol–water partition coefficient (Wildman–Crippen LogP) is 4.42. The lowest BCUT2D eigenvalue weighted by atomic mass is 9.82. The van der Waals surface area contributed by atoms with E-state index in [1.54, 1.807) is 6.92 Å². The molecule has 0 aliphatic heterocycles. The van der Waals surface area contributed by atoms with Gasteiger partial charge >= 0.3 is 5.92 Å². The van der Waals surface area contributed by atoms with Gasteiger partial charge in [0, 0.05) is 50.4 Å². The van der Waals surface area contributed by atoms with Crippen LogP contribution in [0.3, 0.4) is 0 Å². The first-order valence-corrected chi connectivity index (χ1v) is 9.20. The highest BCUT2D eigenvalue weighted by Gasteiger charge is 2.45. The van der Waals surface area contributed by atoms with E-state index < -0.39 is 17.7 Å². The van der Waals surface area contributed by atoms with Crippen LogP contribution < -0.4 is 15.4 Å². The molecule has 2 N–H and O–H groups in total. The molecule has 2 aromatic rings. The second kappa shape index (κ2) is 8.04. The zero-order chi connectivity index (χ0) is 22.1. The van der Waals surface area contributed by atoms with Crippen molar-refractivity contribution in [1.29, 1.82) is 0 Å². The van der Waals surface area contributed by atoms with Gasteiger partial charge in [-0.3, -0.25) is 4.79 Å². The van der Waals surface area contributed by atoms with E-state index in [2.05, 4.69) is 25.6 Å². The van der Waals surface area contributed by atoms with Gasteiger partial charge in [-0.1, -0.05) is 0 Å². The lowest BCUT2D eigenvalue weighted by molar-refractivity contribution is -0.119. The normalized spacial score (nSPS) is 16.0. The summed E-state index contributed by atoms with van der Waals surface area (Å²) in [5, 5.41) is 5.37. The summed E-state index contributed by atoms with van der Waals surface area (Å²) in [6.07, 6.45) is 0.800. The Labute approximate surface area is 170 Å². The van der Waals surface area contributed by atoms with Crippen molar-refractivity contribution < 1.29 is 27.1 Å². The van der Waals surface area contributed by atoms with Crippen LogP contribution in [0.2, 0.25) is 0 Å². The highest BCUT2D eigenvalue weighted by molar-refractivity contribution is 5.88. The van der Waals surface area contributed by atoms with Crippen molar-refractivity contribution in [3.8, 4) is 5.75 Å². The number of rotatable bonds is 7. The van der Waals surface area contributed by atoms with E-state index in [0.29, 0.717) is 12.6 Å². The van der Waals surface area contributed by atoms with Gasteiger partial charge in [0.05, 0.1) is 18.5 Å². The van der Waals surface area contributed by atoms with Gasteiger partial charge in [-0.05, 0) is 6.92 Å². The molecule has 30 heavy (non-hydrogen) atoms. The monoisotopic (exact) mass is 427 g/mol. The van der Waals surface area contributed by atoms with Gasteiger partial charge in [0.25, 0.3) is 0 Å². The molecule has 1 saturated carbocycles. The summed E-state index contributed by atoms with van der Waals surface area (Å²) in [4.78, 5) is 22.9. The van der Waals surface area contributed by atoms with Crippen molar-refractivity contribution in [3.05, 3.63) is 29.8 Å². The molecule has 7 nitrogen and oxygen atoms in total. The van der Waals surface area contributed by atoms with Gasteiger partial charge < -0.3 is 15.4 Å². The lowest BCUT2D eigenvalue weighted by Crippen LogP contribution is -2.38. The van der Waals surface area contributed by atoms with Crippen molar-refractivity contribution in [2.45, 2.75) is 45.5 Å². The Bertz CT molecular complexity index is 941. The number of carbonyl (C=O) groups is 1. The quantitative estimate of drug-likeness (QED) is 0.636. The number of hydrogen-bond donors (Lipinski definition) is 2. The fraction of sp³-hybridized carbons (Fsp3) is 0.474. The Hall–Kier alpha value is -2.98. The lowest BCUT2D eigenvalue weighted by Gasteiger charge is -2.34. The van der Waals surface area contributed by atoms with Crippen molar-refractivity contribution in [2.24, 2.45) is 5.92 Å². The van der Waals surface area contributed by atoms with Gasteiger partial charge in [-0.2, -0.15) is 8.78 Å². The summed E-state index contributed by atoms with van der Waals surface area (Å²) in [5.41, 5.74) is 0.600. The Kier molecular flexibility index (Phi) is 5.82. The first-order valence-electron chi connectivity index (χ1n) is 9.20. The number of anilines is 3. The number of pyridine rings is 1. The first kappa shape index (κ1) is 21.7. The molecule has 162 valence electrons. The summed E-state index contributed by atoms with van der Waals surface area (Å²) in [6, 6.07) is 2.90. The molecule has 0 saturated heterocycles. The van der Waals surface area contributed by atoms with Crippen LogP contribution in [0.5, 0.6) is 5.75 Å². The zero-order valence-corrected chi connectivity index (χ0v) is 16.6. The average molecular weight is 427 g/mol. The number of aromatic nitrogens is 3. The summed E-state index contributed by atoms with van der Waals surface area (Å²) < 4.78 is 59.0. The molecule has 0 spiro atoms. The van der Waals surface area contributed by atoms with Crippen molar-refractivity contribution in [1.82, 2.24) is 15.0 Å². The number of amides is 1. The molecule has 0 radical (unpaired) electrons. The maximum Gasteiger partial charge on any atom is 0.303 e. The summed E-state index contributed by atoms with van der Waals surface area (Å²) in [7, 11) is 0. The van der Waals surface area contributed by atoms with E-state index in [4.69, 9.17) is 4.74 Å². The maximum absolute atomic E-state index is 13.7. The number of nitrogens with one attached hydrogen (secondary N) is 2. The summed E-state index contributed by atoms with van der Waals surface area (Å²) >= 11 is 0. The fourth-order valence-electron chi connectivity index (χ4n) is 2.98. The van der Waals surface area contributed by atoms with Crippen LogP contribution in [0, 0.1) is 12.8 Å². The molecule has 0 bridgehead atoms. The molecule has 1 amide bonds. The minimum atomic E-state index is -3.24. The van der Waals surface area contributed by atoms with Crippen LogP contribution in [0.25, 0.3) is 0 Å². The van der Waals surface area contributed by atoms with E-state index in [1.165, 1.54) is 25.3 Å². The number of nitrogens with zero attached hydrogens (tertiary/aromatic N) is 3. The molecule has 1 aliphatic rings. The predicted molar refractivity (Wildman–Crippen MR) is 101 cm³/mol. The molecular weight excluding hydrogens is 406 g/mol. The van der Waals surface area contributed by atoms with Crippen LogP contribution in [-0.2, 0) is 10.7 Å². The molecule has 3 rings (SSSR count). The van der Waals surface area contributed by atoms with Gasteiger partial charge in [0.2, 0.25) is 17.7 Å². The number of carbonyl (C=O) groups excluding carboxylic acids is 1. The number of aryl methyl sites for hydroxylation is 1. The average Bonchev–Trinajstić information content (AvgIpc) is 2.57. The van der Waals surface area contributed by atoms with Crippen LogP contribution in [0.15, 0.2) is 18.3 Å². The number of halogens is 4. The van der Waals surface area contributed by atoms with Crippen LogP contribution in [0.1, 0.15) is 38.2 Å². The van der Waals surface area contributed by atoms with Crippen LogP contribution in [0.4, 0.5) is 34.9 Å². The van der Waals surface area contributed by atoms with Gasteiger partial charge in [0.1, 0.15) is 11.6 Å². The largest absolute Gasteiger partial charge is 0.489 e. The maximum atomic E-state index is 13.7. The third-order valence-corrected chi connectivity index (χ3v) is 4.33. The van der Waals surface area contributed by atoms with E-state index in [1.807, 2.05) is 0 Å². The Morgan fingerprint density at radius 3 is 2.57 bits per heavy atom. The van der Waals surface area contributed by atoms with Gasteiger partial charge in [-0.25, -0.2) is 23.7 Å². The molecule has 11 heteroatoms. The third-order valence-electron chi connectivity index (χ3n) is 4.33. The topological polar surface area (TPSA) is 89.0 Å². The van der Waals surface area contributed by atoms with Crippen LogP contribution >= 0.6 is 0 Å². The van der Waals surface area contributed by atoms with Crippen LogP contribution in [-0.4, -0.2) is 33.4 Å². The third kappa shape index (κ3) is 5.55. The number of hydrogen-bond acceptors (Lipinski definition) is 6. The Morgan fingerprint density at radius 2 is 1.97 bits per heavy atom. The van der Waals surface area contributed by atoms with Gasteiger partial charge in [-0.15, -0.1) is 0 Å². The fourth-order valence-corrected chi connectivity index (χ4v) is 2.98. The van der Waals surface area contributed by atoms with E-state index in [-0.39, 0.29) is 54.3 Å². The highest BCUT2D eigenvalue weighted by Crippen LogP contribution is 2.43. The second-order valence-corrected chi connectivity index (χ2v) is 7.42. The molecule has 1 fully saturated rings. The molecular formula is C19H21F4N5O2. The highest BCUT2D eigenvalue weighted by atomic mass is 19.3. The van der Waals surface area contributed by atoms with Crippen molar-refractivity contribution in [2.75, 3.05) is 17.2 Å². The number of alkyl halides is 4. The van der Waals surface area contributed by atoms with Crippen molar-refractivity contribution >= 4 is 23.2 Å². The molecule has 0 aromatic carbocycles. The van der Waals surface area contributed by atoms with E-state index in [0.717, 1.165) is 0 Å². The zero-order valence-electron chi connectivity index (χ0n) is 16.6. The van der Waals surface area contributed by atoms with Crippen molar-refractivity contribution in [3.63, 3.8) is 0 Å². The molecule has 2 heterocycles.